The number of nitrogens with two attached hydrogens (primary N) is 1. The Bertz CT molecular complexity index is 730. The first-order valence-corrected chi connectivity index (χ1v) is 8.06. The number of hydrogen-bond donors (Lipinski definition) is 2. The summed E-state index contributed by atoms with van der Waals surface area (Å²) in [5.74, 6) is 0. The van der Waals surface area contributed by atoms with Crippen molar-refractivity contribution < 1.29 is 8.42 Å². The zero-order valence-corrected chi connectivity index (χ0v) is 13.2. The molecule has 2 rings (SSSR count). The number of sulfonamides is 1. The monoisotopic (exact) mass is 305 g/mol. The average Bonchev–Trinajstić information content (AvgIpc) is 2.44. The van der Waals surface area contributed by atoms with Gasteiger partial charge in [-0.05, 0) is 55.2 Å². The van der Waals surface area contributed by atoms with Gasteiger partial charge in [0.1, 0.15) is 0 Å². The zero-order chi connectivity index (χ0) is 15.6. The molecule has 1 heterocycles. The minimum Gasteiger partial charge on any atom is -0.398 e. The number of hydrogen-bond acceptors (Lipinski definition) is 4. The number of nitrogens with one attached hydrogen (secondary N) is 1. The fourth-order valence-electron chi connectivity index (χ4n) is 2.20. The highest BCUT2D eigenvalue weighted by Crippen LogP contribution is 2.27. The lowest BCUT2D eigenvalue weighted by Gasteiger charge is -2.16. The first-order chi connectivity index (χ1) is 9.83. The predicted molar refractivity (Wildman–Crippen MR) is 83.3 cm³/mol. The Morgan fingerprint density at radius 2 is 1.95 bits per heavy atom. The third-order valence-electron chi connectivity index (χ3n) is 3.54. The number of aryl methyl sites for hydroxylation is 1. The van der Waals surface area contributed by atoms with Crippen LogP contribution in [0.1, 0.15) is 22.3 Å². The van der Waals surface area contributed by atoms with Crippen LogP contribution in [0, 0.1) is 20.8 Å². The van der Waals surface area contributed by atoms with Gasteiger partial charge in [-0.25, -0.2) is 13.1 Å². The highest BCUT2D eigenvalue weighted by molar-refractivity contribution is 7.89. The number of nitrogens with zero attached hydrogens (tertiary/aromatic N) is 1. The lowest BCUT2D eigenvalue weighted by molar-refractivity contribution is 0.580. The fraction of sp³-hybridized carbons (Fsp3) is 0.267. The van der Waals surface area contributed by atoms with Gasteiger partial charge in [0.05, 0.1) is 4.90 Å². The molecule has 0 saturated carbocycles. The van der Waals surface area contributed by atoms with E-state index in [1.807, 2.05) is 13.0 Å². The van der Waals surface area contributed by atoms with Crippen molar-refractivity contribution in [1.82, 2.24) is 9.71 Å². The van der Waals surface area contributed by atoms with Gasteiger partial charge in [-0.3, -0.25) is 4.98 Å². The predicted octanol–water partition coefficient (Wildman–Crippen LogP) is 2.07. The van der Waals surface area contributed by atoms with E-state index in [0.29, 0.717) is 11.3 Å². The van der Waals surface area contributed by atoms with Crippen molar-refractivity contribution in [3.63, 3.8) is 0 Å². The maximum absolute atomic E-state index is 12.6. The molecule has 21 heavy (non-hydrogen) atoms. The summed E-state index contributed by atoms with van der Waals surface area (Å²) < 4.78 is 27.7. The highest BCUT2D eigenvalue weighted by atomic mass is 32.2. The fourth-order valence-corrected chi connectivity index (χ4v) is 3.78. The molecule has 1 aromatic carbocycles. The molecule has 0 atom stereocenters. The van der Waals surface area contributed by atoms with Crippen LogP contribution in [0.2, 0.25) is 0 Å². The molecule has 0 amide bonds. The summed E-state index contributed by atoms with van der Waals surface area (Å²) in [5, 5.41) is 0. The molecule has 0 saturated heterocycles. The molecule has 0 radical (unpaired) electrons. The third kappa shape index (κ3) is 3.22. The topological polar surface area (TPSA) is 85.1 Å². The van der Waals surface area contributed by atoms with Crippen molar-refractivity contribution in [1.29, 1.82) is 0 Å². The van der Waals surface area contributed by atoms with Crippen molar-refractivity contribution in [3.8, 4) is 0 Å². The van der Waals surface area contributed by atoms with Crippen LogP contribution < -0.4 is 10.5 Å². The number of pyridine rings is 1. The van der Waals surface area contributed by atoms with Crippen molar-refractivity contribution in [2.24, 2.45) is 0 Å². The second kappa shape index (κ2) is 5.83. The second-order valence-corrected chi connectivity index (χ2v) is 6.75. The Kier molecular flexibility index (Phi) is 4.29. The summed E-state index contributed by atoms with van der Waals surface area (Å²) in [5.41, 5.74) is 9.34. The number of aromatic nitrogens is 1. The van der Waals surface area contributed by atoms with Crippen LogP contribution in [0.5, 0.6) is 0 Å². The lowest BCUT2D eigenvalue weighted by Crippen LogP contribution is -2.25. The summed E-state index contributed by atoms with van der Waals surface area (Å²) in [6, 6.07) is 5.38. The summed E-state index contributed by atoms with van der Waals surface area (Å²) in [7, 11) is -3.62. The van der Waals surface area contributed by atoms with E-state index in [9.17, 15) is 8.42 Å². The molecule has 0 fully saturated rings. The average molecular weight is 305 g/mol. The molecule has 5 nitrogen and oxygen atoms in total. The molecule has 0 bridgehead atoms. The van der Waals surface area contributed by atoms with Gasteiger partial charge in [0.25, 0.3) is 0 Å². The van der Waals surface area contributed by atoms with Gasteiger partial charge in [0, 0.05) is 24.6 Å². The van der Waals surface area contributed by atoms with Gasteiger partial charge in [-0.15, -0.1) is 0 Å². The van der Waals surface area contributed by atoms with Crippen molar-refractivity contribution >= 4 is 15.7 Å². The van der Waals surface area contributed by atoms with Gasteiger partial charge in [0.15, 0.2) is 0 Å². The van der Waals surface area contributed by atoms with Gasteiger partial charge in [0.2, 0.25) is 10.0 Å². The van der Waals surface area contributed by atoms with Crippen LogP contribution in [0.4, 0.5) is 5.69 Å². The second-order valence-electron chi connectivity index (χ2n) is 5.05. The van der Waals surface area contributed by atoms with Crippen LogP contribution in [0.3, 0.4) is 0 Å². The largest absolute Gasteiger partial charge is 0.398 e. The smallest absolute Gasteiger partial charge is 0.241 e. The van der Waals surface area contributed by atoms with Gasteiger partial charge >= 0.3 is 0 Å². The van der Waals surface area contributed by atoms with E-state index in [-0.39, 0.29) is 11.4 Å². The highest BCUT2D eigenvalue weighted by Gasteiger charge is 2.22. The molecule has 0 spiro atoms. The van der Waals surface area contributed by atoms with Crippen LogP contribution in [-0.4, -0.2) is 13.4 Å². The van der Waals surface area contributed by atoms with E-state index in [0.717, 1.165) is 16.7 Å². The van der Waals surface area contributed by atoms with E-state index >= 15 is 0 Å². The standard InChI is InChI=1S/C15H19N3O2S/c1-10-7-14(16)12(3)15(11(10)2)21(19,20)18-9-13-5-4-6-17-8-13/h4-8,18H,9,16H2,1-3H3. The van der Waals surface area contributed by atoms with E-state index < -0.39 is 10.0 Å². The molecule has 3 N–H and O–H groups in total. The normalized spacial score (nSPS) is 11.6. The van der Waals surface area contributed by atoms with Crippen LogP contribution in [0.15, 0.2) is 35.5 Å². The summed E-state index contributed by atoms with van der Waals surface area (Å²) in [4.78, 5) is 4.23. The van der Waals surface area contributed by atoms with Crippen LogP contribution >= 0.6 is 0 Å². The van der Waals surface area contributed by atoms with Gasteiger partial charge in [-0.1, -0.05) is 6.07 Å². The first-order valence-electron chi connectivity index (χ1n) is 6.58. The van der Waals surface area contributed by atoms with Crippen molar-refractivity contribution in [3.05, 3.63) is 52.8 Å². The molecule has 1 aromatic heterocycles. The molecule has 112 valence electrons. The van der Waals surface area contributed by atoms with Crippen molar-refractivity contribution in [2.45, 2.75) is 32.2 Å². The lowest BCUT2D eigenvalue weighted by atomic mass is 10.1. The Morgan fingerprint density at radius 3 is 2.57 bits per heavy atom. The number of anilines is 1. The third-order valence-corrected chi connectivity index (χ3v) is 5.21. The van der Waals surface area contributed by atoms with E-state index in [4.69, 9.17) is 5.73 Å². The summed E-state index contributed by atoms with van der Waals surface area (Å²) in [6.07, 6.45) is 3.28. The minimum atomic E-state index is -3.62. The zero-order valence-electron chi connectivity index (χ0n) is 12.3. The number of rotatable bonds is 4. The van der Waals surface area contributed by atoms with Crippen LogP contribution in [-0.2, 0) is 16.6 Å². The molecule has 0 unspecified atom stereocenters. The minimum absolute atomic E-state index is 0.197. The number of nitrogen functional groups attached to an aromatic ring is 1. The van der Waals surface area contributed by atoms with Crippen LogP contribution in [0.25, 0.3) is 0 Å². The molecular weight excluding hydrogens is 286 g/mol. The first kappa shape index (κ1) is 15.5. The van der Waals surface area contributed by atoms with E-state index in [1.165, 1.54) is 0 Å². The molecular formula is C15H19N3O2S. The summed E-state index contributed by atoms with van der Waals surface area (Å²) in [6.45, 7) is 5.56. The number of benzene rings is 1. The molecule has 2 aromatic rings. The Hall–Kier alpha value is -1.92. The van der Waals surface area contributed by atoms with E-state index in [2.05, 4.69) is 9.71 Å². The Labute approximate surface area is 125 Å². The Morgan fingerprint density at radius 1 is 1.24 bits per heavy atom. The Balaban J connectivity index is 2.37. The molecule has 0 aliphatic carbocycles. The maximum atomic E-state index is 12.6. The van der Waals surface area contributed by atoms with Crippen molar-refractivity contribution in [2.75, 3.05) is 5.73 Å². The molecule has 0 aliphatic heterocycles. The van der Waals surface area contributed by atoms with E-state index in [1.54, 1.807) is 38.4 Å². The summed E-state index contributed by atoms with van der Waals surface area (Å²) >= 11 is 0. The molecule has 6 heteroatoms. The molecule has 0 aliphatic rings. The van der Waals surface area contributed by atoms with Gasteiger partial charge < -0.3 is 5.73 Å². The SMILES string of the molecule is Cc1cc(N)c(C)c(S(=O)(=O)NCc2cccnc2)c1C. The maximum Gasteiger partial charge on any atom is 0.241 e. The quantitative estimate of drug-likeness (QED) is 0.847. The van der Waals surface area contributed by atoms with Gasteiger partial charge in [-0.2, -0.15) is 0 Å².